The third-order valence-corrected chi connectivity index (χ3v) is 4.96. The molecule has 2 N–H and O–H groups in total. The van der Waals surface area contributed by atoms with E-state index in [1.165, 1.54) is 6.07 Å². The second-order valence-corrected chi connectivity index (χ2v) is 6.65. The Morgan fingerprint density at radius 2 is 2.19 bits per heavy atom. The number of anilines is 1. The molecule has 2 aliphatic rings. The molecule has 0 amide bonds. The van der Waals surface area contributed by atoms with E-state index in [-0.39, 0.29) is 34.6 Å². The van der Waals surface area contributed by atoms with Crippen molar-refractivity contribution in [2.45, 2.75) is 12.8 Å². The SMILES string of the molecule is CN=C(NCCNc1ccccc1[N+](=O)[O-])N1CCC2(CCOC2)C1.I. The van der Waals surface area contributed by atoms with Gasteiger partial charge in [-0.1, -0.05) is 12.1 Å². The van der Waals surface area contributed by atoms with E-state index >= 15 is 0 Å². The maximum Gasteiger partial charge on any atom is 0.292 e. The molecular weight excluding hydrogens is 449 g/mol. The van der Waals surface area contributed by atoms with Crippen LogP contribution in [0.3, 0.4) is 0 Å². The first-order valence-corrected chi connectivity index (χ1v) is 8.64. The molecule has 26 heavy (non-hydrogen) atoms. The van der Waals surface area contributed by atoms with Crippen molar-refractivity contribution in [3.63, 3.8) is 0 Å². The van der Waals surface area contributed by atoms with Crippen molar-refractivity contribution in [1.82, 2.24) is 10.2 Å². The number of benzene rings is 1. The average molecular weight is 475 g/mol. The summed E-state index contributed by atoms with van der Waals surface area (Å²) >= 11 is 0. The molecule has 1 unspecified atom stereocenters. The zero-order chi connectivity index (χ0) is 17.7. The molecule has 144 valence electrons. The summed E-state index contributed by atoms with van der Waals surface area (Å²) in [5, 5.41) is 17.5. The number of nitrogens with zero attached hydrogens (tertiary/aromatic N) is 3. The van der Waals surface area contributed by atoms with Crippen molar-refractivity contribution in [2.75, 3.05) is 51.8 Å². The third-order valence-electron chi connectivity index (χ3n) is 4.96. The number of likely N-dealkylation sites (tertiary alicyclic amines) is 1. The molecule has 0 bridgehead atoms. The number of hydrogen-bond donors (Lipinski definition) is 2. The molecule has 1 spiro atoms. The van der Waals surface area contributed by atoms with Gasteiger partial charge < -0.3 is 20.3 Å². The Kier molecular flexibility index (Phi) is 7.44. The topological polar surface area (TPSA) is 92.0 Å². The molecule has 0 aromatic heterocycles. The predicted octanol–water partition coefficient (Wildman–Crippen LogP) is 2.31. The van der Waals surface area contributed by atoms with Crippen molar-refractivity contribution in [1.29, 1.82) is 0 Å². The third kappa shape index (κ3) is 4.76. The van der Waals surface area contributed by atoms with Gasteiger partial charge in [0.05, 0.1) is 11.5 Å². The number of guanidine groups is 1. The molecule has 0 radical (unpaired) electrons. The molecule has 9 heteroatoms. The summed E-state index contributed by atoms with van der Waals surface area (Å²) in [7, 11) is 1.79. The van der Waals surface area contributed by atoms with Gasteiger partial charge in [-0.25, -0.2) is 0 Å². The zero-order valence-corrected chi connectivity index (χ0v) is 17.3. The number of nitro benzene ring substituents is 1. The first kappa shape index (κ1) is 20.7. The normalized spacial score (nSPS) is 22.3. The smallest absolute Gasteiger partial charge is 0.292 e. The first-order valence-electron chi connectivity index (χ1n) is 8.64. The maximum absolute atomic E-state index is 11.0. The Morgan fingerprint density at radius 1 is 1.38 bits per heavy atom. The van der Waals surface area contributed by atoms with Gasteiger partial charge >= 0.3 is 0 Å². The lowest BCUT2D eigenvalue weighted by Crippen LogP contribution is -2.43. The lowest BCUT2D eigenvalue weighted by atomic mass is 9.87. The number of rotatable bonds is 5. The van der Waals surface area contributed by atoms with Crippen LogP contribution in [0.2, 0.25) is 0 Å². The number of nitrogens with one attached hydrogen (secondary N) is 2. The fourth-order valence-electron chi connectivity index (χ4n) is 3.57. The highest BCUT2D eigenvalue weighted by molar-refractivity contribution is 14.0. The van der Waals surface area contributed by atoms with Gasteiger partial charge in [0, 0.05) is 51.3 Å². The van der Waals surface area contributed by atoms with Crippen molar-refractivity contribution >= 4 is 41.3 Å². The molecule has 1 aromatic carbocycles. The Bertz CT molecular complexity index is 649. The summed E-state index contributed by atoms with van der Waals surface area (Å²) in [6.07, 6.45) is 2.27. The van der Waals surface area contributed by atoms with Gasteiger partial charge in [-0.2, -0.15) is 0 Å². The average Bonchev–Trinajstić information content (AvgIpc) is 3.25. The van der Waals surface area contributed by atoms with E-state index < -0.39 is 0 Å². The molecular formula is C17H26IN5O3. The molecule has 0 saturated carbocycles. The van der Waals surface area contributed by atoms with Crippen LogP contribution >= 0.6 is 24.0 Å². The largest absolute Gasteiger partial charge is 0.381 e. The second kappa shape index (κ2) is 9.36. The van der Waals surface area contributed by atoms with Crippen LogP contribution < -0.4 is 10.6 Å². The highest BCUT2D eigenvalue weighted by Crippen LogP contribution is 2.38. The van der Waals surface area contributed by atoms with E-state index in [1.807, 2.05) is 0 Å². The van der Waals surface area contributed by atoms with Crippen molar-refractivity contribution in [3.8, 4) is 0 Å². The van der Waals surface area contributed by atoms with Crippen LogP contribution in [0, 0.1) is 15.5 Å². The molecule has 8 nitrogen and oxygen atoms in total. The molecule has 0 aliphatic carbocycles. The van der Waals surface area contributed by atoms with Gasteiger partial charge in [0.2, 0.25) is 0 Å². The summed E-state index contributed by atoms with van der Waals surface area (Å²) < 4.78 is 5.57. The van der Waals surface area contributed by atoms with Crippen molar-refractivity contribution in [3.05, 3.63) is 34.4 Å². The summed E-state index contributed by atoms with van der Waals surface area (Å²) in [6.45, 7) is 4.88. The van der Waals surface area contributed by atoms with Crippen LogP contribution in [0.25, 0.3) is 0 Å². The Labute approximate surface area is 170 Å². The van der Waals surface area contributed by atoms with Crippen molar-refractivity contribution < 1.29 is 9.66 Å². The van der Waals surface area contributed by atoms with E-state index in [0.717, 1.165) is 45.1 Å². The quantitative estimate of drug-likeness (QED) is 0.170. The van der Waals surface area contributed by atoms with Gasteiger partial charge in [0.1, 0.15) is 5.69 Å². The monoisotopic (exact) mass is 475 g/mol. The number of nitro groups is 1. The standard InChI is InChI=1S/C17H25N5O3.HI/c1-18-16(21-10-6-17(12-21)7-11-25-13-17)20-9-8-19-14-4-2-3-5-15(14)22(23)24;/h2-5,19H,6-13H2,1H3,(H,18,20);1H. The van der Waals surface area contributed by atoms with Gasteiger partial charge in [-0.05, 0) is 18.9 Å². The minimum Gasteiger partial charge on any atom is -0.381 e. The zero-order valence-electron chi connectivity index (χ0n) is 14.9. The van der Waals surface area contributed by atoms with Gasteiger partial charge in [-0.15, -0.1) is 24.0 Å². The minimum absolute atomic E-state index is 0. The van der Waals surface area contributed by atoms with E-state index in [2.05, 4.69) is 20.5 Å². The second-order valence-electron chi connectivity index (χ2n) is 6.65. The minimum atomic E-state index is -0.373. The fourth-order valence-corrected chi connectivity index (χ4v) is 3.57. The van der Waals surface area contributed by atoms with E-state index in [9.17, 15) is 10.1 Å². The van der Waals surface area contributed by atoms with E-state index in [0.29, 0.717) is 24.2 Å². The van der Waals surface area contributed by atoms with E-state index in [4.69, 9.17) is 4.74 Å². The Balaban J connectivity index is 0.00000243. The number of ether oxygens (including phenoxy) is 1. The van der Waals surface area contributed by atoms with Gasteiger partial charge in [0.15, 0.2) is 5.96 Å². The predicted molar refractivity (Wildman–Crippen MR) is 112 cm³/mol. The van der Waals surface area contributed by atoms with Gasteiger partial charge in [0.25, 0.3) is 5.69 Å². The molecule has 2 aliphatic heterocycles. The number of aliphatic imine (C=N–C) groups is 1. The van der Waals surface area contributed by atoms with Crippen LogP contribution in [0.4, 0.5) is 11.4 Å². The summed E-state index contributed by atoms with van der Waals surface area (Å²) in [5.74, 6) is 0.883. The Morgan fingerprint density at radius 3 is 2.88 bits per heavy atom. The van der Waals surface area contributed by atoms with Crippen LogP contribution in [0.5, 0.6) is 0 Å². The number of para-hydroxylation sites is 2. The van der Waals surface area contributed by atoms with Crippen LogP contribution in [0.15, 0.2) is 29.3 Å². The maximum atomic E-state index is 11.0. The first-order chi connectivity index (χ1) is 12.1. The van der Waals surface area contributed by atoms with Gasteiger partial charge in [-0.3, -0.25) is 15.1 Å². The highest BCUT2D eigenvalue weighted by Gasteiger charge is 2.42. The van der Waals surface area contributed by atoms with E-state index in [1.54, 1.807) is 25.2 Å². The summed E-state index contributed by atoms with van der Waals surface area (Å²) in [4.78, 5) is 17.3. The number of hydrogen-bond acceptors (Lipinski definition) is 5. The molecule has 2 fully saturated rings. The lowest BCUT2D eigenvalue weighted by molar-refractivity contribution is -0.384. The summed E-state index contributed by atoms with van der Waals surface area (Å²) in [5.41, 5.74) is 0.919. The molecule has 1 atom stereocenters. The highest BCUT2D eigenvalue weighted by atomic mass is 127. The molecule has 2 heterocycles. The van der Waals surface area contributed by atoms with Crippen LogP contribution in [0.1, 0.15) is 12.8 Å². The van der Waals surface area contributed by atoms with Crippen LogP contribution in [-0.2, 0) is 4.74 Å². The molecule has 1 aromatic rings. The lowest BCUT2D eigenvalue weighted by Gasteiger charge is -2.25. The molecule has 2 saturated heterocycles. The fraction of sp³-hybridized carbons (Fsp3) is 0.588. The Hall–Kier alpha value is -1.62. The van der Waals surface area contributed by atoms with Crippen LogP contribution in [-0.4, -0.2) is 62.2 Å². The molecule has 3 rings (SSSR count). The van der Waals surface area contributed by atoms with Crippen molar-refractivity contribution in [2.24, 2.45) is 10.4 Å². The summed E-state index contributed by atoms with van der Waals surface area (Å²) in [6, 6.07) is 6.67. The number of halogens is 1.